The van der Waals surface area contributed by atoms with Crippen LogP contribution in [-0.2, 0) is 81.9 Å². The zero-order chi connectivity index (χ0) is 11.7. The Balaban J connectivity index is -0.0000000240. The minimum Gasteiger partial charge on any atom is -0.412 e. The van der Waals surface area contributed by atoms with Crippen LogP contribution in [0.25, 0.3) is 0 Å². The summed E-state index contributed by atoms with van der Waals surface area (Å²) in [7, 11) is 0. The molecule has 0 heterocycles. The van der Waals surface area contributed by atoms with Gasteiger partial charge in [0.25, 0.3) is 0 Å². The van der Waals surface area contributed by atoms with Gasteiger partial charge in [0.2, 0.25) is 0 Å². The molecule has 0 bridgehead atoms. The van der Waals surface area contributed by atoms with Gasteiger partial charge in [-0.15, -0.1) is 0 Å². The maximum atomic E-state index is 8.56. The van der Waals surface area contributed by atoms with Gasteiger partial charge in [0.15, 0.2) is 0 Å². The van der Waals surface area contributed by atoms with E-state index in [1.165, 1.54) is 0 Å². The van der Waals surface area contributed by atoms with Gasteiger partial charge in [0.05, 0.1) is 24.4 Å². The molecular formula is C10H28Cd3O6. The standard InChI is InChI=1S/2C5H12O2.3Cd.2H2O/c2*1-4(6)3-5(2)7;;;;;/h2*4-7H,3H2,1-2H3;;;;2*1H2. The smallest absolute Gasteiger partial charge is 0.0536 e. The second kappa shape index (κ2) is 28.7. The summed E-state index contributed by atoms with van der Waals surface area (Å²) >= 11 is 0. The molecule has 0 spiro atoms. The SMILES string of the molecule is CC(O)CC(C)O.CC(O)CC(C)O.O.O.[Cd].[Cd].[Cd]. The normalized spacial score (nSPS) is 13.9. The third-order valence-corrected chi connectivity index (χ3v) is 1.36. The van der Waals surface area contributed by atoms with Crippen molar-refractivity contribution < 1.29 is 113 Å². The number of hydrogen-bond acceptors (Lipinski definition) is 4. The summed E-state index contributed by atoms with van der Waals surface area (Å²) in [4.78, 5) is 0. The Bertz CT molecular complexity index is 99.8. The van der Waals surface area contributed by atoms with Gasteiger partial charge < -0.3 is 31.4 Å². The summed E-state index contributed by atoms with van der Waals surface area (Å²) < 4.78 is 0. The molecule has 110 valence electrons. The van der Waals surface area contributed by atoms with Crippen LogP contribution in [-0.4, -0.2) is 55.8 Å². The molecule has 4 atom stereocenters. The summed E-state index contributed by atoms with van der Waals surface area (Å²) in [6, 6.07) is 0. The molecule has 8 N–H and O–H groups in total. The fourth-order valence-electron chi connectivity index (χ4n) is 0.987. The predicted octanol–water partition coefficient (Wildman–Crippen LogP) is -1.38. The molecule has 0 fully saturated rings. The van der Waals surface area contributed by atoms with Gasteiger partial charge in [-0.05, 0) is 40.5 Å². The van der Waals surface area contributed by atoms with Gasteiger partial charge >= 0.3 is 0 Å². The first kappa shape index (κ1) is 43.0. The molecule has 0 aromatic heterocycles. The number of hydrogen-bond donors (Lipinski definition) is 4. The maximum Gasteiger partial charge on any atom is 0.0536 e. The number of aliphatic hydroxyl groups is 4. The van der Waals surface area contributed by atoms with E-state index >= 15 is 0 Å². The quantitative estimate of drug-likeness (QED) is 0.304. The first-order chi connectivity index (χ1) is 6.25. The van der Waals surface area contributed by atoms with Crippen molar-refractivity contribution in [3.63, 3.8) is 0 Å². The Hall–Kier alpha value is 2.53. The van der Waals surface area contributed by atoms with E-state index in [9.17, 15) is 0 Å². The van der Waals surface area contributed by atoms with Crippen molar-refractivity contribution in [2.24, 2.45) is 0 Å². The van der Waals surface area contributed by atoms with Crippen molar-refractivity contribution in [1.82, 2.24) is 0 Å². The van der Waals surface area contributed by atoms with Crippen LogP contribution in [0.3, 0.4) is 0 Å². The molecule has 0 aliphatic rings. The van der Waals surface area contributed by atoms with Crippen LogP contribution in [0.4, 0.5) is 0 Å². The number of aliphatic hydroxyl groups excluding tert-OH is 4. The van der Waals surface area contributed by atoms with Gasteiger partial charge in [0, 0.05) is 81.9 Å². The monoisotopic (exact) mass is 586 g/mol. The van der Waals surface area contributed by atoms with Crippen molar-refractivity contribution in [3.05, 3.63) is 0 Å². The van der Waals surface area contributed by atoms with Crippen LogP contribution in [0.2, 0.25) is 0 Å². The van der Waals surface area contributed by atoms with Gasteiger partial charge in [-0.2, -0.15) is 0 Å². The van der Waals surface area contributed by atoms with E-state index in [0.29, 0.717) is 12.8 Å². The molecule has 0 aliphatic carbocycles. The fraction of sp³-hybridized carbons (Fsp3) is 1.00. The largest absolute Gasteiger partial charge is 0.412 e. The molecular weight excluding hydrogens is 553 g/mol. The zero-order valence-corrected chi connectivity index (χ0v) is 24.7. The predicted molar refractivity (Wildman–Crippen MR) is 63.2 cm³/mol. The van der Waals surface area contributed by atoms with Crippen molar-refractivity contribution >= 4 is 0 Å². The van der Waals surface area contributed by atoms with Gasteiger partial charge in [0.1, 0.15) is 0 Å². The van der Waals surface area contributed by atoms with Crippen LogP contribution < -0.4 is 0 Å². The van der Waals surface area contributed by atoms with E-state index in [1.807, 2.05) is 0 Å². The third-order valence-electron chi connectivity index (χ3n) is 1.36. The molecule has 0 saturated heterocycles. The first-order valence-corrected chi connectivity index (χ1v) is 4.98. The maximum absolute atomic E-state index is 8.56. The van der Waals surface area contributed by atoms with Gasteiger partial charge in [-0.3, -0.25) is 0 Å². The Morgan fingerprint density at radius 1 is 0.526 bits per heavy atom. The average Bonchev–Trinajstić information content (AvgIpc) is 1.79. The molecule has 0 saturated carbocycles. The molecule has 9 heteroatoms. The molecule has 19 heavy (non-hydrogen) atoms. The first-order valence-electron chi connectivity index (χ1n) is 4.98. The summed E-state index contributed by atoms with van der Waals surface area (Å²) in [6.45, 7) is 6.64. The van der Waals surface area contributed by atoms with E-state index in [4.69, 9.17) is 20.4 Å². The van der Waals surface area contributed by atoms with Gasteiger partial charge in [-0.25, -0.2) is 0 Å². The van der Waals surface area contributed by atoms with E-state index in [-0.39, 0.29) is 117 Å². The topological polar surface area (TPSA) is 144 Å². The zero-order valence-electron chi connectivity index (χ0n) is 12.6. The second-order valence-electron chi connectivity index (χ2n) is 3.87. The van der Waals surface area contributed by atoms with Crippen molar-refractivity contribution in [1.29, 1.82) is 0 Å². The second-order valence-corrected chi connectivity index (χ2v) is 3.87. The Labute approximate surface area is 176 Å². The molecule has 0 aromatic carbocycles. The summed E-state index contributed by atoms with van der Waals surface area (Å²) in [5.74, 6) is 0. The molecule has 0 aromatic rings. The molecule has 0 amide bonds. The van der Waals surface area contributed by atoms with Crippen molar-refractivity contribution in [2.45, 2.75) is 65.0 Å². The minimum absolute atomic E-state index is 0. The Morgan fingerprint density at radius 2 is 0.632 bits per heavy atom. The van der Waals surface area contributed by atoms with Crippen molar-refractivity contribution in [3.8, 4) is 0 Å². The Morgan fingerprint density at radius 3 is 0.632 bits per heavy atom. The van der Waals surface area contributed by atoms with Crippen LogP contribution in [0.5, 0.6) is 0 Å². The van der Waals surface area contributed by atoms with Crippen LogP contribution >= 0.6 is 0 Å². The summed E-state index contributed by atoms with van der Waals surface area (Å²) in [5.41, 5.74) is 0. The van der Waals surface area contributed by atoms with Crippen LogP contribution in [0.15, 0.2) is 0 Å². The molecule has 4 unspecified atom stereocenters. The number of rotatable bonds is 4. The summed E-state index contributed by atoms with van der Waals surface area (Å²) in [6.07, 6.45) is -0.556. The molecule has 0 rings (SSSR count). The molecule has 0 radical (unpaired) electrons. The third kappa shape index (κ3) is 63.6. The molecule has 6 nitrogen and oxygen atoms in total. The average molecular weight is 582 g/mol. The van der Waals surface area contributed by atoms with Gasteiger partial charge in [-0.1, -0.05) is 0 Å². The van der Waals surface area contributed by atoms with Crippen molar-refractivity contribution in [2.75, 3.05) is 0 Å². The van der Waals surface area contributed by atoms with E-state index in [0.717, 1.165) is 0 Å². The summed E-state index contributed by atoms with van der Waals surface area (Å²) in [5, 5.41) is 34.3. The van der Waals surface area contributed by atoms with E-state index in [2.05, 4.69) is 0 Å². The Kier molecular flexibility index (Phi) is 64.8. The van der Waals surface area contributed by atoms with Crippen LogP contribution in [0, 0.1) is 0 Å². The van der Waals surface area contributed by atoms with E-state index < -0.39 is 0 Å². The minimum atomic E-state index is -0.375. The van der Waals surface area contributed by atoms with E-state index in [1.54, 1.807) is 27.7 Å². The fourth-order valence-corrected chi connectivity index (χ4v) is 0.987. The molecule has 0 aliphatic heterocycles. The van der Waals surface area contributed by atoms with Crippen LogP contribution in [0.1, 0.15) is 40.5 Å².